The minimum atomic E-state index is -4.51. The van der Waals surface area contributed by atoms with Crippen molar-refractivity contribution in [3.63, 3.8) is 0 Å². The number of carbonyl (C=O) groups is 1. The van der Waals surface area contributed by atoms with Crippen molar-refractivity contribution in [2.45, 2.75) is 13.1 Å². The summed E-state index contributed by atoms with van der Waals surface area (Å²) in [5, 5.41) is 0. The number of esters is 1. The van der Waals surface area contributed by atoms with E-state index >= 15 is 0 Å². The van der Waals surface area contributed by atoms with Crippen LogP contribution in [0.15, 0.2) is 12.1 Å². The third-order valence-corrected chi connectivity index (χ3v) is 2.16. The van der Waals surface area contributed by atoms with Gasteiger partial charge in [-0.15, -0.1) is 0 Å². The summed E-state index contributed by atoms with van der Waals surface area (Å²) in [6.45, 7) is -0.995. The standard InChI is InChI=1S/C11H11F4NO3/c1-6-8(12)2-7(3-9(6)16)10(17)19-5-18-4-11(13,14)15/h2-3H,4-5,16H2,1H3. The number of nitrogens with two attached hydrogens (primary N) is 1. The summed E-state index contributed by atoms with van der Waals surface area (Å²) in [4.78, 5) is 11.4. The quantitative estimate of drug-likeness (QED) is 0.303. The van der Waals surface area contributed by atoms with Crippen LogP contribution in [0.1, 0.15) is 15.9 Å². The van der Waals surface area contributed by atoms with E-state index in [1.807, 2.05) is 0 Å². The second-order valence-corrected chi connectivity index (χ2v) is 3.69. The molecule has 0 aliphatic carbocycles. The third kappa shape index (κ3) is 4.74. The topological polar surface area (TPSA) is 61.6 Å². The van der Waals surface area contributed by atoms with Crippen LogP contribution < -0.4 is 5.73 Å². The Hall–Kier alpha value is -1.83. The number of benzene rings is 1. The van der Waals surface area contributed by atoms with Gasteiger partial charge in [0.05, 0.1) is 5.56 Å². The molecule has 0 aliphatic heterocycles. The second-order valence-electron chi connectivity index (χ2n) is 3.69. The highest BCUT2D eigenvalue weighted by molar-refractivity contribution is 5.90. The smallest absolute Gasteiger partial charge is 0.411 e. The number of ether oxygens (including phenoxy) is 2. The van der Waals surface area contributed by atoms with Crippen molar-refractivity contribution >= 4 is 11.7 Å². The minimum Gasteiger partial charge on any atom is -0.435 e. The minimum absolute atomic E-state index is 0.0446. The number of halogens is 4. The van der Waals surface area contributed by atoms with Crippen LogP contribution in [0.25, 0.3) is 0 Å². The SMILES string of the molecule is Cc1c(N)cc(C(=O)OCOCC(F)(F)F)cc1F. The van der Waals surface area contributed by atoms with Crippen LogP contribution in [0.4, 0.5) is 23.2 Å². The van der Waals surface area contributed by atoms with Gasteiger partial charge in [-0.25, -0.2) is 9.18 Å². The molecule has 0 fully saturated rings. The lowest BCUT2D eigenvalue weighted by Gasteiger charge is -2.09. The Labute approximate surface area is 106 Å². The fourth-order valence-corrected chi connectivity index (χ4v) is 1.15. The highest BCUT2D eigenvalue weighted by Gasteiger charge is 2.27. The highest BCUT2D eigenvalue weighted by atomic mass is 19.4. The van der Waals surface area contributed by atoms with Gasteiger partial charge in [-0.1, -0.05) is 0 Å². The van der Waals surface area contributed by atoms with Gasteiger partial charge in [0.25, 0.3) is 0 Å². The van der Waals surface area contributed by atoms with Crippen molar-refractivity contribution in [2.24, 2.45) is 0 Å². The maximum atomic E-state index is 13.3. The monoisotopic (exact) mass is 281 g/mol. The van der Waals surface area contributed by atoms with E-state index in [4.69, 9.17) is 5.73 Å². The van der Waals surface area contributed by atoms with Crippen LogP contribution in [0.2, 0.25) is 0 Å². The molecular formula is C11H11F4NO3. The molecule has 0 saturated heterocycles. The van der Waals surface area contributed by atoms with Crippen molar-refractivity contribution in [2.75, 3.05) is 19.1 Å². The number of rotatable bonds is 4. The average molecular weight is 281 g/mol. The molecule has 0 amide bonds. The lowest BCUT2D eigenvalue weighted by molar-refractivity contribution is -0.190. The zero-order valence-electron chi connectivity index (χ0n) is 9.88. The number of alkyl halides is 3. The van der Waals surface area contributed by atoms with Gasteiger partial charge >= 0.3 is 12.1 Å². The van der Waals surface area contributed by atoms with E-state index in [-0.39, 0.29) is 16.8 Å². The second kappa shape index (κ2) is 5.87. The van der Waals surface area contributed by atoms with Gasteiger partial charge in [0.1, 0.15) is 12.4 Å². The molecule has 0 heterocycles. The van der Waals surface area contributed by atoms with Gasteiger partial charge in [0, 0.05) is 11.3 Å². The molecule has 0 saturated carbocycles. The lowest BCUT2D eigenvalue weighted by Crippen LogP contribution is -2.19. The summed E-state index contributed by atoms with van der Waals surface area (Å²) in [7, 11) is 0. The number of carbonyl (C=O) groups excluding carboxylic acids is 1. The van der Waals surface area contributed by atoms with E-state index < -0.39 is 31.4 Å². The van der Waals surface area contributed by atoms with Crippen molar-refractivity contribution in [3.8, 4) is 0 Å². The van der Waals surface area contributed by atoms with E-state index in [0.717, 1.165) is 6.07 Å². The number of nitrogen functional groups attached to an aromatic ring is 1. The van der Waals surface area contributed by atoms with Crippen molar-refractivity contribution < 1.29 is 31.8 Å². The molecule has 0 atom stereocenters. The molecule has 0 unspecified atom stereocenters. The van der Waals surface area contributed by atoms with E-state index in [2.05, 4.69) is 9.47 Å². The zero-order chi connectivity index (χ0) is 14.6. The summed E-state index contributed by atoms with van der Waals surface area (Å²) < 4.78 is 56.9. The fourth-order valence-electron chi connectivity index (χ4n) is 1.15. The number of anilines is 1. The first kappa shape index (κ1) is 15.2. The molecule has 1 aromatic rings. The average Bonchev–Trinajstić information content (AvgIpc) is 2.29. The van der Waals surface area contributed by atoms with E-state index in [1.165, 1.54) is 13.0 Å². The van der Waals surface area contributed by atoms with Crippen LogP contribution in [-0.2, 0) is 9.47 Å². The van der Waals surface area contributed by atoms with Crippen LogP contribution >= 0.6 is 0 Å². The van der Waals surface area contributed by atoms with Gasteiger partial charge < -0.3 is 15.2 Å². The Bertz CT molecular complexity index is 450. The Morgan fingerprint density at radius 1 is 1.37 bits per heavy atom. The van der Waals surface area contributed by atoms with Gasteiger partial charge in [-0.3, -0.25) is 0 Å². The third-order valence-electron chi connectivity index (χ3n) is 2.16. The maximum Gasteiger partial charge on any atom is 0.411 e. The first-order valence-electron chi connectivity index (χ1n) is 5.08. The van der Waals surface area contributed by atoms with Crippen molar-refractivity contribution in [3.05, 3.63) is 29.1 Å². The van der Waals surface area contributed by atoms with E-state index in [1.54, 1.807) is 0 Å². The molecule has 0 bridgehead atoms. The van der Waals surface area contributed by atoms with Crippen LogP contribution in [0, 0.1) is 12.7 Å². The number of hydrogen-bond donors (Lipinski definition) is 1. The molecule has 0 radical (unpaired) electrons. The molecule has 2 N–H and O–H groups in total. The fraction of sp³-hybridized carbons (Fsp3) is 0.364. The Balaban J connectivity index is 2.55. The molecule has 106 valence electrons. The summed E-state index contributed by atoms with van der Waals surface area (Å²) in [6, 6.07) is 2.06. The van der Waals surface area contributed by atoms with Gasteiger partial charge in [0.2, 0.25) is 0 Å². The first-order chi connectivity index (χ1) is 8.70. The zero-order valence-corrected chi connectivity index (χ0v) is 9.88. The van der Waals surface area contributed by atoms with Gasteiger partial charge in [-0.2, -0.15) is 13.2 Å². The molecular weight excluding hydrogens is 270 g/mol. The summed E-state index contributed by atoms with van der Waals surface area (Å²) in [6.07, 6.45) is -4.51. The molecule has 0 aromatic heterocycles. The summed E-state index contributed by atoms with van der Waals surface area (Å²) >= 11 is 0. The first-order valence-corrected chi connectivity index (χ1v) is 5.08. The predicted molar refractivity (Wildman–Crippen MR) is 57.8 cm³/mol. The molecule has 0 spiro atoms. The lowest BCUT2D eigenvalue weighted by atomic mass is 10.1. The summed E-state index contributed by atoms with van der Waals surface area (Å²) in [5.41, 5.74) is 5.46. The van der Waals surface area contributed by atoms with Crippen molar-refractivity contribution in [1.82, 2.24) is 0 Å². The highest BCUT2D eigenvalue weighted by Crippen LogP contribution is 2.18. The van der Waals surface area contributed by atoms with Crippen molar-refractivity contribution in [1.29, 1.82) is 0 Å². The van der Waals surface area contributed by atoms with Crippen LogP contribution in [0.3, 0.4) is 0 Å². The maximum absolute atomic E-state index is 13.3. The Kier molecular flexibility index (Phi) is 4.71. The molecule has 8 heteroatoms. The molecule has 0 aliphatic rings. The molecule has 4 nitrogen and oxygen atoms in total. The normalized spacial score (nSPS) is 11.4. The molecule has 1 rings (SSSR count). The Morgan fingerprint density at radius 2 is 2.00 bits per heavy atom. The summed E-state index contributed by atoms with van der Waals surface area (Å²) in [5.74, 6) is -1.73. The molecule has 1 aromatic carbocycles. The predicted octanol–water partition coefficient (Wildman–Crippen LogP) is 2.41. The van der Waals surface area contributed by atoms with E-state index in [9.17, 15) is 22.4 Å². The largest absolute Gasteiger partial charge is 0.435 e. The number of hydrogen-bond acceptors (Lipinski definition) is 4. The van der Waals surface area contributed by atoms with Gasteiger partial charge in [0.15, 0.2) is 6.79 Å². The van der Waals surface area contributed by atoms with E-state index in [0.29, 0.717) is 0 Å². The molecule has 19 heavy (non-hydrogen) atoms. The van der Waals surface area contributed by atoms with Crippen LogP contribution in [0.5, 0.6) is 0 Å². The van der Waals surface area contributed by atoms with Gasteiger partial charge in [-0.05, 0) is 19.1 Å². The Morgan fingerprint density at radius 3 is 2.53 bits per heavy atom. The van der Waals surface area contributed by atoms with Crippen LogP contribution in [-0.4, -0.2) is 25.5 Å².